The summed E-state index contributed by atoms with van der Waals surface area (Å²) in [5.41, 5.74) is 11.4. The van der Waals surface area contributed by atoms with Crippen LogP contribution in [0, 0.1) is 0 Å². The van der Waals surface area contributed by atoms with E-state index in [9.17, 15) is 0 Å². The van der Waals surface area contributed by atoms with Gasteiger partial charge in [0.15, 0.2) is 17.5 Å². The van der Waals surface area contributed by atoms with E-state index in [2.05, 4.69) is 115 Å². The minimum Gasteiger partial charge on any atom is -0.456 e. The van der Waals surface area contributed by atoms with Crippen molar-refractivity contribution in [3.63, 3.8) is 0 Å². The van der Waals surface area contributed by atoms with Crippen molar-refractivity contribution in [3.05, 3.63) is 188 Å². The van der Waals surface area contributed by atoms with E-state index in [-0.39, 0.29) is 0 Å². The van der Waals surface area contributed by atoms with Crippen LogP contribution in [0.15, 0.2) is 192 Å². The van der Waals surface area contributed by atoms with Gasteiger partial charge in [0, 0.05) is 47.6 Å². The van der Waals surface area contributed by atoms with Gasteiger partial charge in [0.1, 0.15) is 11.2 Å². The molecule has 3 aromatic heterocycles. The molecule has 3 heterocycles. The van der Waals surface area contributed by atoms with Gasteiger partial charge in [0.25, 0.3) is 0 Å². The highest BCUT2D eigenvalue weighted by Gasteiger charge is 2.19. The maximum atomic E-state index is 6.59. The Morgan fingerprint density at radius 3 is 1.66 bits per heavy atom. The van der Waals surface area contributed by atoms with Crippen LogP contribution in [-0.2, 0) is 0 Å². The van der Waals surface area contributed by atoms with Gasteiger partial charge in [-0.1, -0.05) is 152 Å². The smallest absolute Gasteiger partial charge is 0.164 e. The first-order chi connectivity index (χ1) is 27.7. The standard InChI is InChI=1S/C51H31N3OS/c1-4-14-32(15-5-1)39-23-13-25-45-48(39)41-27-26-35(31-46(41)56-45)38-29-42(47-40-22-10-11-24-43(40)55-44(47)30-38)36-20-12-21-37(28-36)51-53-49(33-16-6-2-7-17-33)52-50(54-51)34-18-8-3-9-19-34/h1-31H. The first kappa shape index (κ1) is 32.2. The fourth-order valence-electron chi connectivity index (χ4n) is 7.88. The zero-order valence-corrected chi connectivity index (χ0v) is 30.9. The third-order valence-electron chi connectivity index (χ3n) is 10.5. The Balaban J connectivity index is 1.08. The largest absolute Gasteiger partial charge is 0.456 e. The predicted molar refractivity (Wildman–Crippen MR) is 233 cm³/mol. The highest BCUT2D eigenvalue weighted by Crippen LogP contribution is 2.44. The van der Waals surface area contributed by atoms with E-state index in [0.717, 1.165) is 60.9 Å². The van der Waals surface area contributed by atoms with E-state index in [1.54, 1.807) is 0 Å². The number of furan rings is 1. The van der Waals surface area contributed by atoms with Crippen LogP contribution >= 0.6 is 11.3 Å². The predicted octanol–water partition coefficient (Wildman–Crippen LogP) is 14.1. The van der Waals surface area contributed by atoms with Gasteiger partial charge in [0.2, 0.25) is 0 Å². The number of para-hydroxylation sites is 1. The summed E-state index contributed by atoms with van der Waals surface area (Å²) in [6.07, 6.45) is 0. The first-order valence-electron chi connectivity index (χ1n) is 18.7. The molecule has 0 aliphatic heterocycles. The number of thiophene rings is 1. The molecule has 0 spiro atoms. The number of fused-ring (bicyclic) bond motifs is 6. The second-order valence-corrected chi connectivity index (χ2v) is 15.1. The Morgan fingerprint density at radius 2 is 0.929 bits per heavy atom. The van der Waals surface area contributed by atoms with Gasteiger partial charge in [0.05, 0.1) is 0 Å². The van der Waals surface area contributed by atoms with Crippen molar-refractivity contribution in [3.8, 4) is 67.5 Å². The van der Waals surface area contributed by atoms with Crippen LogP contribution < -0.4 is 0 Å². The van der Waals surface area contributed by atoms with Crippen LogP contribution in [0.4, 0.5) is 0 Å². The van der Waals surface area contributed by atoms with E-state index >= 15 is 0 Å². The molecule has 262 valence electrons. The zero-order chi connectivity index (χ0) is 37.0. The highest BCUT2D eigenvalue weighted by atomic mass is 32.1. The van der Waals surface area contributed by atoms with Gasteiger partial charge in [-0.25, -0.2) is 15.0 Å². The fraction of sp³-hybridized carbons (Fsp3) is 0. The van der Waals surface area contributed by atoms with Gasteiger partial charge >= 0.3 is 0 Å². The molecule has 11 aromatic rings. The van der Waals surface area contributed by atoms with Crippen LogP contribution in [0.25, 0.3) is 110 Å². The lowest BCUT2D eigenvalue weighted by atomic mass is 9.93. The average molecular weight is 734 g/mol. The first-order valence-corrected chi connectivity index (χ1v) is 19.5. The highest BCUT2D eigenvalue weighted by molar-refractivity contribution is 7.26. The number of nitrogens with zero attached hydrogens (tertiary/aromatic N) is 3. The topological polar surface area (TPSA) is 51.8 Å². The van der Waals surface area contributed by atoms with Crippen LogP contribution in [0.5, 0.6) is 0 Å². The lowest BCUT2D eigenvalue weighted by molar-refractivity contribution is 0.669. The molecule has 0 amide bonds. The fourth-order valence-corrected chi connectivity index (χ4v) is 9.05. The summed E-state index contributed by atoms with van der Waals surface area (Å²) in [7, 11) is 0. The molecule has 5 heteroatoms. The van der Waals surface area contributed by atoms with Crippen molar-refractivity contribution in [1.29, 1.82) is 0 Å². The molecule has 11 rings (SSSR count). The summed E-state index contributed by atoms with van der Waals surface area (Å²) >= 11 is 1.84. The van der Waals surface area contributed by atoms with Crippen LogP contribution in [0.1, 0.15) is 0 Å². The van der Waals surface area contributed by atoms with E-state index in [4.69, 9.17) is 19.4 Å². The third kappa shape index (κ3) is 5.56. The molecular formula is C51H31N3OS. The van der Waals surface area contributed by atoms with Crippen LogP contribution in [-0.4, -0.2) is 15.0 Å². The molecule has 4 nitrogen and oxygen atoms in total. The Hall–Kier alpha value is -7.21. The SMILES string of the molecule is c1ccc(-c2nc(-c3ccccc3)nc(-c3cccc(-c4cc(-c5ccc6c(c5)sc5cccc(-c7ccccc7)c56)cc5oc6ccccc6c45)c3)n2)cc1. The van der Waals surface area contributed by atoms with Crippen molar-refractivity contribution in [2.45, 2.75) is 0 Å². The molecule has 56 heavy (non-hydrogen) atoms. The molecule has 0 radical (unpaired) electrons. The molecule has 8 aromatic carbocycles. The Kier molecular flexibility index (Phi) is 7.64. The van der Waals surface area contributed by atoms with Crippen LogP contribution in [0.2, 0.25) is 0 Å². The van der Waals surface area contributed by atoms with Crippen molar-refractivity contribution >= 4 is 53.4 Å². The normalized spacial score (nSPS) is 11.6. The Labute approximate surface area is 327 Å². The molecule has 0 saturated carbocycles. The van der Waals surface area contributed by atoms with Gasteiger partial charge in [-0.2, -0.15) is 0 Å². The maximum Gasteiger partial charge on any atom is 0.164 e. The van der Waals surface area contributed by atoms with Gasteiger partial charge in [-0.3, -0.25) is 0 Å². The summed E-state index contributed by atoms with van der Waals surface area (Å²) in [5, 5.41) is 4.75. The zero-order valence-electron chi connectivity index (χ0n) is 30.1. The molecule has 0 N–H and O–H groups in total. The number of rotatable bonds is 6. The number of hydrogen-bond acceptors (Lipinski definition) is 5. The molecule has 0 bridgehead atoms. The van der Waals surface area contributed by atoms with Crippen LogP contribution in [0.3, 0.4) is 0 Å². The number of benzene rings is 8. The summed E-state index contributed by atoms with van der Waals surface area (Å²) in [4.78, 5) is 15.0. The number of aromatic nitrogens is 3. The minimum absolute atomic E-state index is 0.620. The molecule has 0 atom stereocenters. The summed E-state index contributed by atoms with van der Waals surface area (Å²) in [6.45, 7) is 0. The van der Waals surface area contributed by atoms with Gasteiger partial charge in [-0.05, 0) is 69.8 Å². The lowest BCUT2D eigenvalue weighted by Crippen LogP contribution is -2.00. The second-order valence-electron chi connectivity index (χ2n) is 14.0. The molecule has 0 fully saturated rings. The Bertz CT molecular complexity index is 3180. The van der Waals surface area contributed by atoms with Crippen molar-refractivity contribution in [2.24, 2.45) is 0 Å². The molecule has 0 aliphatic carbocycles. The van der Waals surface area contributed by atoms with Gasteiger partial charge in [-0.15, -0.1) is 11.3 Å². The maximum absolute atomic E-state index is 6.59. The molecule has 0 unspecified atom stereocenters. The van der Waals surface area contributed by atoms with Gasteiger partial charge < -0.3 is 4.42 Å². The Morgan fingerprint density at radius 1 is 0.321 bits per heavy atom. The summed E-state index contributed by atoms with van der Waals surface area (Å²) in [5.74, 6) is 1.89. The molecular weight excluding hydrogens is 703 g/mol. The van der Waals surface area contributed by atoms with E-state index < -0.39 is 0 Å². The lowest BCUT2D eigenvalue weighted by Gasteiger charge is -2.12. The van der Waals surface area contributed by atoms with Crippen molar-refractivity contribution in [2.75, 3.05) is 0 Å². The van der Waals surface area contributed by atoms with Crippen molar-refractivity contribution in [1.82, 2.24) is 15.0 Å². The van der Waals surface area contributed by atoms with E-state index in [1.807, 2.05) is 84.1 Å². The molecule has 0 saturated heterocycles. The van der Waals surface area contributed by atoms with Crippen molar-refractivity contribution < 1.29 is 4.42 Å². The van der Waals surface area contributed by atoms with E-state index in [1.165, 1.54) is 31.3 Å². The van der Waals surface area contributed by atoms with E-state index in [0.29, 0.717) is 17.5 Å². The quantitative estimate of drug-likeness (QED) is 0.171. The summed E-state index contributed by atoms with van der Waals surface area (Å²) in [6, 6.07) is 65.7. The average Bonchev–Trinajstić information content (AvgIpc) is 3.85. The second kappa shape index (κ2) is 13.3. The monoisotopic (exact) mass is 733 g/mol. The minimum atomic E-state index is 0.620. The molecule has 0 aliphatic rings. The third-order valence-corrected chi connectivity index (χ3v) is 11.6. The number of hydrogen-bond donors (Lipinski definition) is 0. The summed E-state index contributed by atoms with van der Waals surface area (Å²) < 4.78 is 9.13.